The minimum Gasteiger partial charge on any atom is -0.468 e. The monoisotopic (exact) mass is 368 g/mol. The van der Waals surface area contributed by atoms with E-state index in [-0.39, 0.29) is 28.8 Å². The summed E-state index contributed by atoms with van der Waals surface area (Å²) in [6.07, 6.45) is 0. The van der Waals surface area contributed by atoms with Crippen LogP contribution < -0.4 is 10.2 Å². The van der Waals surface area contributed by atoms with Gasteiger partial charge in [0.2, 0.25) is 0 Å². The number of halogens is 3. The maximum Gasteiger partial charge on any atom is 0.495 e. The molecule has 2 aromatic carbocycles. The normalized spacial score (nSPS) is 18.5. The molecule has 3 rings (SSSR count). The zero-order chi connectivity index (χ0) is 19.3. The van der Waals surface area contributed by atoms with Crippen molar-refractivity contribution in [1.29, 1.82) is 0 Å². The van der Waals surface area contributed by atoms with Crippen LogP contribution >= 0.6 is 0 Å². The van der Waals surface area contributed by atoms with E-state index in [0.29, 0.717) is 6.07 Å². The lowest BCUT2D eigenvalue weighted by Gasteiger charge is -2.32. The van der Waals surface area contributed by atoms with Crippen LogP contribution in [0.3, 0.4) is 0 Å². The van der Waals surface area contributed by atoms with Crippen molar-refractivity contribution in [3.8, 4) is 5.75 Å². The predicted octanol–water partition coefficient (Wildman–Crippen LogP) is 3.54. The Kier molecular flexibility index (Phi) is 4.71. The molecule has 0 aromatic heterocycles. The van der Waals surface area contributed by atoms with Crippen molar-refractivity contribution >= 4 is 23.4 Å². The van der Waals surface area contributed by atoms with Gasteiger partial charge in [-0.05, 0) is 45.3 Å². The third-order valence-corrected chi connectivity index (χ3v) is 4.93. The molecule has 1 aliphatic rings. The van der Waals surface area contributed by atoms with Crippen LogP contribution in [0.25, 0.3) is 10.8 Å². The number of hydrogen-bond acceptors (Lipinski definition) is 4. The summed E-state index contributed by atoms with van der Waals surface area (Å²) in [6.45, 7) is 7.24. The van der Waals surface area contributed by atoms with Crippen molar-refractivity contribution in [2.45, 2.75) is 38.9 Å². The molecule has 0 atom stereocenters. The third kappa shape index (κ3) is 3.06. The predicted molar refractivity (Wildman–Crippen MR) is 92.0 cm³/mol. The Balaban J connectivity index is 2.22. The standard InChI is InChI=1S/C18H20BF3O4/c1-17(2)18(3,4)26-19(25-17)12-7-10(24-9-23-5)6-11-13(20)8-14(21)16(22)15(11)12/h6-8H,9H2,1-5H3. The Hall–Kier alpha value is -1.77. The molecule has 140 valence electrons. The summed E-state index contributed by atoms with van der Waals surface area (Å²) < 4.78 is 64.8. The molecule has 1 heterocycles. The fraction of sp³-hybridized carbons (Fsp3) is 0.444. The smallest absolute Gasteiger partial charge is 0.468 e. The van der Waals surface area contributed by atoms with Crippen LogP contribution in [-0.4, -0.2) is 32.2 Å². The summed E-state index contributed by atoms with van der Waals surface area (Å²) in [7, 11) is 0.426. The average Bonchev–Trinajstić information content (AvgIpc) is 2.78. The number of methoxy groups -OCH3 is 1. The van der Waals surface area contributed by atoms with Crippen LogP contribution in [0.5, 0.6) is 5.75 Å². The van der Waals surface area contributed by atoms with Gasteiger partial charge in [0.1, 0.15) is 11.6 Å². The summed E-state index contributed by atoms with van der Waals surface area (Å²) in [4.78, 5) is 0. The van der Waals surface area contributed by atoms with Crippen LogP contribution in [-0.2, 0) is 14.0 Å². The fourth-order valence-electron chi connectivity index (χ4n) is 2.81. The Labute approximate surface area is 150 Å². The minimum atomic E-state index is -1.28. The van der Waals surface area contributed by atoms with E-state index in [1.54, 1.807) is 0 Å². The highest BCUT2D eigenvalue weighted by Crippen LogP contribution is 2.38. The molecule has 0 unspecified atom stereocenters. The van der Waals surface area contributed by atoms with Gasteiger partial charge in [0, 0.05) is 23.9 Å². The molecule has 0 bridgehead atoms. The largest absolute Gasteiger partial charge is 0.495 e. The van der Waals surface area contributed by atoms with E-state index in [2.05, 4.69) is 0 Å². The van der Waals surface area contributed by atoms with Crippen molar-refractivity contribution in [3.63, 3.8) is 0 Å². The van der Waals surface area contributed by atoms with E-state index in [0.717, 1.165) is 0 Å². The first-order valence-electron chi connectivity index (χ1n) is 8.16. The van der Waals surface area contributed by atoms with E-state index in [9.17, 15) is 13.2 Å². The highest BCUT2D eigenvalue weighted by molar-refractivity contribution is 6.65. The second-order valence-corrected chi connectivity index (χ2v) is 7.23. The van der Waals surface area contributed by atoms with Gasteiger partial charge in [-0.1, -0.05) is 0 Å². The lowest BCUT2D eigenvalue weighted by atomic mass is 9.75. The quantitative estimate of drug-likeness (QED) is 0.470. The Bertz CT molecular complexity index is 838. The molecule has 8 heteroatoms. The number of hydrogen-bond donors (Lipinski definition) is 0. The zero-order valence-electron chi connectivity index (χ0n) is 15.3. The molecule has 1 fully saturated rings. The summed E-state index contributed by atoms with van der Waals surface area (Å²) in [5.74, 6) is -3.11. The lowest BCUT2D eigenvalue weighted by Crippen LogP contribution is -2.41. The second-order valence-electron chi connectivity index (χ2n) is 7.23. The number of ether oxygens (including phenoxy) is 2. The van der Waals surface area contributed by atoms with Gasteiger partial charge in [0.25, 0.3) is 0 Å². The second kappa shape index (κ2) is 6.44. The topological polar surface area (TPSA) is 36.9 Å². The molecular weight excluding hydrogens is 348 g/mol. The molecule has 0 N–H and O–H groups in total. The summed E-state index contributed by atoms with van der Waals surface area (Å²) in [5, 5.41) is -0.354. The molecule has 0 radical (unpaired) electrons. The summed E-state index contributed by atoms with van der Waals surface area (Å²) >= 11 is 0. The average molecular weight is 368 g/mol. The molecule has 0 saturated carbocycles. The van der Waals surface area contributed by atoms with Crippen LogP contribution in [0.15, 0.2) is 18.2 Å². The first-order valence-corrected chi connectivity index (χ1v) is 8.16. The van der Waals surface area contributed by atoms with Gasteiger partial charge >= 0.3 is 7.12 Å². The van der Waals surface area contributed by atoms with Gasteiger partial charge in [-0.3, -0.25) is 0 Å². The molecule has 0 aliphatic carbocycles. The minimum absolute atomic E-state index is 0.0837. The van der Waals surface area contributed by atoms with Gasteiger partial charge < -0.3 is 18.8 Å². The third-order valence-electron chi connectivity index (χ3n) is 4.93. The molecule has 1 aliphatic heterocycles. The van der Waals surface area contributed by atoms with Gasteiger partial charge in [-0.15, -0.1) is 0 Å². The van der Waals surface area contributed by atoms with Crippen LogP contribution in [0.2, 0.25) is 0 Å². The molecule has 2 aromatic rings. The van der Waals surface area contributed by atoms with Crippen molar-refractivity contribution in [2.75, 3.05) is 13.9 Å². The van der Waals surface area contributed by atoms with Crippen LogP contribution in [0.1, 0.15) is 27.7 Å². The molecule has 1 saturated heterocycles. The fourth-order valence-corrected chi connectivity index (χ4v) is 2.81. The first-order chi connectivity index (χ1) is 12.1. The summed E-state index contributed by atoms with van der Waals surface area (Å²) in [6, 6.07) is 3.25. The zero-order valence-corrected chi connectivity index (χ0v) is 15.3. The summed E-state index contributed by atoms with van der Waals surface area (Å²) in [5.41, 5.74) is -1.24. The molecule has 4 nitrogen and oxygen atoms in total. The van der Waals surface area contributed by atoms with Gasteiger partial charge in [-0.2, -0.15) is 0 Å². The maximum absolute atomic E-state index is 14.5. The Morgan fingerprint density at radius 3 is 2.15 bits per heavy atom. The van der Waals surface area contributed by atoms with E-state index in [4.69, 9.17) is 18.8 Å². The van der Waals surface area contributed by atoms with Gasteiger partial charge in [0.15, 0.2) is 18.4 Å². The van der Waals surface area contributed by atoms with E-state index >= 15 is 0 Å². The highest BCUT2D eigenvalue weighted by Gasteiger charge is 2.52. The van der Waals surface area contributed by atoms with Crippen LogP contribution in [0, 0.1) is 17.5 Å². The highest BCUT2D eigenvalue weighted by atomic mass is 19.2. The molecular formula is C18H20BF3O4. The van der Waals surface area contributed by atoms with Crippen molar-refractivity contribution in [1.82, 2.24) is 0 Å². The van der Waals surface area contributed by atoms with Crippen molar-refractivity contribution < 1.29 is 32.0 Å². The van der Waals surface area contributed by atoms with Gasteiger partial charge in [0.05, 0.1) is 11.2 Å². The van der Waals surface area contributed by atoms with E-state index in [1.807, 2.05) is 27.7 Å². The number of benzene rings is 2. The molecule has 26 heavy (non-hydrogen) atoms. The number of fused-ring (bicyclic) bond motifs is 1. The van der Waals surface area contributed by atoms with Crippen molar-refractivity contribution in [2.24, 2.45) is 0 Å². The lowest BCUT2D eigenvalue weighted by molar-refractivity contribution is 0.00578. The van der Waals surface area contributed by atoms with E-state index < -0.39 is 35.8 Å². The Morgan fingerprint density at radius 1 is 0.962 bits per heavy atom. The first kappa shape index (κ1) is 19.0. The maximum atomic E-state index is 14.5. The van der Waals surface area contributed by atoms with Crippen molar-refractivity contribution in [3.05, 3.63) is 35.7 Å². The Morgan fingerprint density at radius 2 is 1.58 bits per heavy atom. The van der Waals surface area contributed by atoms with Crippen LogP contribution in [0.4, 0.5) is 13.2 Å². The SMILES string of the molecule is COCOc1cc(B2OC(C)(C)C(C)(C)O2)c2c(F)c(F)cc(F)c2c1. The molecule has 0 spiro atoms. The van der Waals surface area contributed by atoms with Gasteiger partial charge in [-0.25, -0.2) is 13.2 Å². The number of rotatable bonds is 4. The van der Waals surface area contributed by atoms with E-state index in [1.165, 1.54) is 19.2 Å². The molecule has 0 amide bonds.